The van der Waals surface area contributed by atoms with Crippen LogP contribution in [0.1, 0.15) is 38.2 Å². The highest BCUT2D eigenvalue weighted by molar-refractivity contribution is 5.88. The van der Waals surface area contributed by atoms with E-state index in [1.807, 2.05) is 30.3 Å². The van der Waals surface area contributed by atoms with Crippen LogP contribution in [0, 0.1) is 10.1 Å². The third-order valence-electron chi connectivity index (χ3n) is 4.28. The number of nitrogens with zero attached hydrogens (tertiary/aromatic N) is 2. The molecule has 1 amide bonds. The minimum absolute atomic E-state index is 0.102. The molecular formula is C17H22N2O5. The number of ether oxygens (including phenoxy) is 1. The van der Waals surface area contributed by atoms with E-state index in [2.05, 4.69) is 0 Å². The van der Waals surface area contributed by atoms with Gasteiger partial charge in [0.2, 0.25) is 5.78 Å². The van der Waals surface area contributed by atoms with Crippen molar-refractivity contribution in [2.75, 3.05) is 13.1 Å². The van der Waals surface area contributed by atoms with E-state index in [-0.39, 0.29) is 26.0 Å². The minimum atomic E-state index is -1.69. The van der Waals surface area contributed by atoms with Crippen LogP contribution in [0.2, 0.25) is 0 Å². The van der Waals surface area contributed by atoms with E-state index >= 15 is 0 Å². The van der Waals surface area contributed by atoms with Gasteiger partial charge in [-0.2, -0.15) is 0 Å². The van der Waals surface area contributed by atoms with Crippen LogP contribution in [-0.4, -0.2) is 40.3 Å². The zero-order valence-electron chi connectivity index (χ0n) is 13.8. The Labute approximate surface area is 140 Å². The first-order valence-electron chi connectivity index (χ1n) is 8.13. The number of benzene rings is 1. The molecule has 1 aromatic rings. The van der Waals surface area contributed by atoms with Crippen molar-refractivity contribution >= 4 is 11.9 Å². The van der Waals surface area contributed by atoms with Gasteiger partial charge < -0.3 is 9.64 Å². The van der Waals surface area contributed by atoms with Crippen molar-refractivity contribution in [3.63, 3.8) is 0 Å². The Balaban J connectivity index is 2.03. The normalized spacial score (nSPS) is 20.5. The van der Waals surface area contributed by atoms with Crippen LogP contribution in [0.3, 0.4) is 0 Å². The molecule has 0 aromatic heterocycles. The van der Waals surface area contributed by atoms with E-state index in [1.54, 1.807) is 6.92 Å². The number of carbonyl (C=O) groups is 2. The molecule has 130 valence electrons. The largest absolute Gasteiger partial charge is 0.445 e. The SMILES string of the molecule is CCCC(=O)C1([N+](=O)[O-])CCCN(C(=O)OCc2ccccc2)C1. The van der Waals surface area contributed by atoms with Crippen molar-refractivity contribution in [3.05, 3.63) is 46.0 Å². The van der Waals surface area contributed by atoms with Crippen molar-refractivity contribution in [2.45, 2.75) is 44.8 Å². The zero-order chi connectivity index (χ0) is 17.6. The average Bonchev–Trinajstić information content (AvgIpc) is 2.60. The molecule has 1 heterocycles. The monoisotopic (exact) mass is 334 g/mol. The summed E-state index contributed by atoms with van der Waals surface area (Å²) < 4.78 is 5.23. The molecule has 24 heavy (non-hydrogen) atoms. The second-order valence-corrected chi connectivity index (χ2v) is 6.03. The Morgan fingerprint density at radius 1 is 1.33 bits per heavy atom. The molecule has 0 radical (unpaired) electrons. The van der Waals surface area contributed by atoms with E-state index in [1.165, 1.54) is 4.90 Å². The second-order valence-electron chi connectivity index (χ2n) is 6.03. The first-order valence-corrected chi connectivity index (χ1v) is 8.13. The van der Waals surface area contributed by atoms with Crippen LogP contribution in [0.4, 0.5) is 4.79 Å². The summed E-state index contributed by atoms with van der Waals surface area (Å²) in [6, 6.07) is 9.20. The fourth-order valence-electron chi connectivity index (χ4n) is 2.94. The lowest BCUT2D eigenvalue weighted by Gasteiger charge is -2.34. The van der Waals surface area contributed by atoms with Gasteiger partial charge in [-0.05, 0) is 18.4 Å². The van der Waals surface area contributed by atoms with E-state index in [0.29, 0.717) is 19.4 Å². The van der Waals surface area contributed by atoms with Gasteiger partial charge in [-0.25, -0.2) is 4.79 Å². The molecule has 1 aliphatic heterocycles. The third kappa shape index (κ3) is 3.90. The van der Waals surface area contributed by atoms with Gasteiger partial charge in [0, 0.05) is 24.3 Å². The van der Waals surface area contributed by atoms with Crippen molar-refractivity contribution in [1.29, 1.82) is 0 Å². The number of amides is 1. The number of piperidine rings is 1. The Hall–Kier alpha value is -2.44. The van der Waals surface area contributed by atoms with Gasteiger partial charge >= 0.3 is 6.09 Å². The van der Waals surface area contributed by atoms with Crippen molar-refractivity contribution < 1.29 is 19.2 Å². The van der Waals surface area contributed by atoms with Crippen LogP contribution < -0.4 is 0 Å². The number of carbonyl (C=O) groups excluding carboxylic acids is 2. The molecule has 0 aliphatic carbocycles. The summed E-state index contributed by atoms with van der Waals surface area (Å²) in [4.78, 5) is 36.8. The van der Waals surface area contributed by atoms with Crippen LogP contribution >= 0.6 is 0 Å². The van der Waals surface area contributed by atoms with Gasteiger partial charge in [0.25, 0.3) is 5.54 Å². The number of ketones is 1. The van der Waals surface area contributed by atoms with Crippen LogP contribution in [-0.2, 0) is 16.1 Å². The van der Waals surface area contributed by atoms with E-state index in [9.17, 15) is 19.7 Å². The van der Waals surface area contributed by atoms with Crippen LogP contribution in [0.15, 0.2) is 30.3 Å². The number of nitro groups is 1. The summed E-state index contributed by atoms with van der Waals surface area (Å²) in [7, 11) is 0. The summed E-state index contributed by atoms with van der Waals surface area (Å²) in [5, 5.41) is 11.5. The maximum atomic E-state index is 12.3. The van der Waals surface area contributed by atoms with Crippen LogP contribution in [0.25, 0.3) is 0 Å². The molecule has 1 aromatic carbocycles. The molecule has 1 unspecified atom stereocenters. The molecule has 1 saturated heterocycles. The molecule has 2 rings (SSSR count). The van der Waals surface area contributed by atoms with Crippen molar-refractivity contribution in [2.24, 2.45) is 0 Å². The van der Waals surface area contributed by atoms with Gasteiger partial charge in [0.1, 0.15) is 13.2 Å². The molecule has 1 aliphatic rings. The predicted octanol–water partition coefficient (Wildman–Crippen LogP) is 2.80. The minimum Gasteiger partial charge on any atom is -0.445 e. The highest BCUT2D eigenvalue weighted by Gasteiger charge is 2.53. The lowest BCUT2D eigenvalue weighted by Crippen LogP contribution is -2.59. The molecule has 7 heteroatoms. The third-order valence-corrected chi connectivity index (χ3v) is 4.28. The Morgan fingerprint density at radius 2 is 2.04 bits per heavy atom. The smallest absolute Gasteiger partial charge is 0.410 e. The Kier molecular flexibility index (Phi) is 5.89. The maximum Gasteiger partial charge on any atom is 0.410 e. The summed E-state index contributed by atoms with van der Waals surface area (Å²) in [5.41, 5.74) is -0.856. The average molecular weight is 334 g/mol. The standard InChI is InChI=1S/C17H22N2O5/c1-2-7-15(20)17(19(22)23)10-6-11-18(13-17)16(21)24-12-14-8-4-3-5-9-14/h3-5,8-9H,2,6-7,10-13H2,1H3. The Bertz CT molecular complexity index is 604. The summed E-state index contributed by atoms with van der Waals surface area (Å²) in [6.45, 7) is 2.06. The second kappa shape index (κ2) is 7.90. The number of rotatable bonds is 6. The van der Waals surface area contributed by atoms with Gasteiger partial charge in [0.15, 0.2) is 0 Å². The zero-order valence-corrected chi connectivity index (χ0v) is 13.8. The molecule has 1 fully saturated rings. The molecule has 1 atom stereocenters. The van der Waals surface area contributed by atoms with Gasteiger partial charge in [-0.3, -0.25) is 14.9 Å². The lowest BCUT2D eigenvalue weighted by atomic mass is 9.84. The Morgan fingerprint density at radius 3 is 2.67 bits per heavy atom. The topological polar surface area (TPSA) is 89.8 Å². The first-order chi connectivity index (χ1) is 11.5. The van der Waals surface area contributed by atoms with Crippen molar-refractivity contribution in [3.8, 4) is 0 Å². The highest BCUT2D eigenvalue weighted by Crippen LogP contribution is 2.28. The molecule has 0 saturated carbocycles. The number of hydrogen-bond acceptors (Lipinski definition) is 5. The van der Waals surface area contributed by atoms with E-state index in [0.717, 1.165) is 5.56 Å². The van der Waals surface area contributed by atoms with E-state index in [4.69, 9.17) is 4.74 Å². The molecule has 0 bridgehead atoms. The van der Waals surface area contributed by atoms with Gasteiger partial charge in [-0.15, -0.1) is 0 Å². The molecule has 7 nitrogen and oxygen atoms in total. The maximum absolute atomic E-state index is 12.3. The molecule has 0 N–H and O–H groups in total. The fraction of sp³-hybridized carbons (Fsp3) is 0.529. The van der Waals surface area contributed by atoms with Gasteiger partial charge in [0.05, 0.1) is 0 Å². The summed E-state index contributed by atoms with van der Waals surface area (Å²) in [5.74, 6) is -0.407. The number of hydrogen-bond donors (Lipinski definition) is 0. The summed E-state index contributed by atoms with van der Waals surface area (Å²) in [6.07, 6.45) is 0.660. The molecular weight excluding hydrogens is 312 g/mol. The van der Waals surface area contributed by atoms with Crippen LogP contribution in [0.5, 0.6) is 0 Å². The highest BCUT2D eigenvalue weighted by atomic mass is 16.6. The quantitative estimate of drug-likeness (QED) is 0.589. The van der Waals surface area contributed by atoms with E-state index < -0.39 is 22.3 Å². The number of likely N-dealkylation sites (tertiary alicyclic amines) is 1. The van der Waals surface area contributed by atoms with Gasteiger partial charge in [-0.1, -0.05) is 37.3 Å². The molecule has 0 spiro atoms. The van der Waals surface area contributed by atoms with Crippen molar-refractivity contribution in [1.82, 2.24) is 4.90 Å². The first kappa shape index (κ1) is 17.9. The summed E-state index contributed by atoms with van der Waals surface area (Å²) >= 11 is 0. The fourth-order valence-corrected chi connectivity index (χ4v) is 2.94. The number of Topliss-reactive ketones (excluding diaryl/α,β-unsaturated/α-hetero) is 1. The lowest BCUT2D eigenvalue weighted by molar-refractivity contribution is -0.555. The predicted molar refractivity (Wildman–Crippen MR) is 87.1 cm³/mol.